The molecule has 0 radical (unpaired) electrons. The van der Waals surface area contributed by atoms with E-state index in [-0.39, 0.29) is 17.0 Å². The summed E-state index contributed by atoms with van der Waals surface area (Å²) in [6, 6.07) is 6.35. The summed E-state index contributed by atoms with van der Waals surface area (Å²) < 4.78 is 14.3. The zero-order valence-corrected chi connectivity index (χ0v) is 18.1. The van der Waals surface area contributed by atoms with E-state index in [4.69, 9.17) is 0 Å². The molecule has 3 aromatic heterocycles. The molecule has 5 rings (SSSR count). The van der Waals surface area contributed by atoms with Crippen molar-refractivity contribution in [2.75, 3.05) is 25.0 Å². The van der Waals surface area contributed by atoms with E-state index >= 15 is 0 Å². The second-order valence-electron chi connectivity index (χ2n) is 8.49. The molecular formula is C23H25FN6O2. The highest BCUT2D eigenvalue weighted by molar-refractivity contribution is 5.92. The minimum atomic E-state index is -0.556. The van der Waals surface area contributed by atoms with E-state index in [1.165, 1.54) is 6.92 Å². The first-order valence-corrected chi connectivity index (χ1v) is 10.8. The maximum atomic E-state index is 14.3. The molecule has 166 valence electrons. The van der Waals surface area contributed by atoms with E-state index in [1.54, 1.807) is 25.5 Å². The molecule has 1 saturated heterocycles. The van der Waals surface area contributed by atoms with Crippen LogP contribution >= 0.6 is 0 Å². The third-order valence-corrected chi connectivity index (χ3v) is 6.69. The number of hydrogen-bond donors (Lipinski definition) is 2. The van der Waals surface area contributed by atoms with Crippen LogP contribution < -0.4 is 15.8 Å². The van der Waals surface area contributed by atoms with Crippen molar-refractivity contribution in [2.45, 2.75) is 38.4 Å². The number of amides is 1. The summed E-state index contributed by atoms with van der Waals surface area (Å²) in [7, 11) is 1.59. The van der Waals surface area contributed by atoms with E-state index in [1.807, 2.05) is 12.1 Å². The molecule has 0 aromatic carbocycles. The van der Waals surface area contributed by atoms with Gasteiger partial charge in [-0.15, -0.1) is 0 Å². The Morgan fingerprint density at radius 1 is 1.22 bits per heavy atom. The van der Waals surface area contributed by atoms with Crippen LogP contribution in [0.25, 0.3) is 11.0 Å². The number of hydrogen-bond acceptors (Lipinski definition) is 6. The number of carbonyl (C=O) groups excluding carboxylic acids is 1. The summed E-state index contributed by atoms with van der Waals surface area (Å²) in [5.41, 5.74) is 2.66. The number of H-pyrrole nitrogens is 1. The highest BCUT2D eigenvalue weighted by atomic mass is 19.1. The van der Waals surface area contributed by atoms with Gasteiger partial charge >= 0.3 is 0 Å². The number of halogens is 1. The van der Waals surface area contributed by atoms with Crippen LogP contribution in [0.4, 0.5) is 10.1 Å². The molecule has 0 spiro atoms. The van der Waals surface area contributed by atoms with Crippen molar-refractivity contribution >= 4 is 22.6 Å². The molecule has 1 amide bonds. The molecule has 3 aromatic rings. The van der Waals surface area contributed by atoms with E-state index in [0.29, 0.717) is 29.8 Å². The van der Waals surface area contributed by atoms with Gasteiger partial charge in [-0.2, -0.15) is 0 Å². The third kappa shape index (κ3) is 3.42. The summed E-state index contributed by atoms with van der Waals surface area (Å²) in [4.78, 5) is 39.8. The van der Waals surface area contributed by atoms with Gasteiger partial charge in [-0.1, -0.05) is 0 Å². The first-order chi connectivity index (χ1) is 15.5. The summed E-state index contributed by atoms with van der Waals surface area (Å²) in [6.45, 7) is 3.88. The molecule has 2 fully saturated rings. The van der Waals surface area contributed by atoms with Crippen molar-refractivity contribution in [1.82, 2.24) is 25.2 Å². The molecule has 2 aliphatic rings. The monoisotopic (exact) mass is 436 g/mol. The van der Waals surface area contributed by atoms with Crippen LogP contribution in [0.3, 0.4) is 0 Å². The van der Waals surface area contributed by atoms with Crippen LogP contribution in [-0.2, 0) is 6.54 Å². The Morgan fingerprint density at radius 3 is 2.72 bits per heavy atom. The van der Waals surface area contributed by atoms with Crippen molar-refractivity contribution < 1.29 is 9.18 Å². The van der Waals surface area contributed by atoms with Gasteiger partial charge in [0.15, 0.2) is 5.82 Å². The Balaban J connectivity index is 1.32. The lowest BCUT2D eigenvalue weighted by Crippen LogP contribution is -2.64. The molecule has 0 bridgehead atoms. The van der Waals surface area contributed by atoms with Crippen LogP contribution in [0.15, 0.2) is 35.4 Å². The SMILES string of the molecule is CNC(=O)c1ccc(N2CCN(Cc3cnc4c(F)c(C)c(=O)[nH]c4c3)[C@H]3CC[C@H]32)cn1. The van der Waals surface area contributed by atoms with Gasteiger partial charge in [0.2, 0.25) is 0 Å². The third-order valence-electron chi connectivity index (χ3n) is 6.69. The fourth-order valence-electron chi connectivity index (χ4n) is 4.75. The standard InChI is InChI=1S/C23H25FN6O2/c1-13-20(24)21-17(28-22(13)31)9-14(10-27-21)12-29-7-8-30(19-6-5-18(19)29)15-3-4-16(26-11-15)23(32)25-2/h3-4,9-11,18-19H,5-8,12H2,1-2H3,(H,25,32)(H,28,31)/t18-,19+/m0/s1. The van der Waals surface area contributed by atoms with Gasteiger partial charge in [0, 0.05) is 45.0 Å². The molecule has 32 heavy (non-hydrogen) atoms. The van der Waals surface area contributed by atoms with Crippen molar-refractivity contribution in [3.63, 3.8) is 0 Å². The van der Waals surface area contributed by atoms with Gasteiger partial charge in [0.05, 0.1) is 23.0 Å². The minimum absolute atomic E-state index is 0.0593. The number of aromatic amines is 1. The highest BCUT2D eigenvalue weighted by Gasteiger charge is 2.43. The van der Waals surface area contributed by atoms with Gasteiger partial charge in [-0.05, 0) is 43.5 Å². The lowest BCUT2D eigenvalue weighted by molar-refractivity contribution is 0.0658. The molecule has 4 heterocycles. The highest BCUT2D eigenvalue weighted by Crippen LogP contribution is 2.37. The number of aromatic nitrogens is 3. The Kier molecular flexibility index (Phi) is 5.13. The topological polar surface area (TPSA) is 94.2 Å². The van der Waals surface area contributed by atoms with Gasteiger partial charge in [0.1, 0.15) is 11.2 Å². The smallest absolute Gasteiger partial charge is 0.269 e. The maximum Gasteiger partial charge on any atom is 0.269 e. The van der Waals surface area contributed by atoms with Crippen molar-refractivity contribution in [2.24, 2.45) is 0 Å². The van der Waals surface area contributed by atoms with Gasteiger partial charge in [0.25, 0.3) is 11.5 Å². The van der Waals surface area contributed by atoms with E-state index < -0.39 is 11.4 Å². The Hall–Kier alpha value is -3.33. The molecule has 2 atom stereocenters. The zero-order chi connectivity index (χ0) is 22.4. The van der Waals surface area contributed by atoms with E-state index in [9.17, 15) is 14.0 Å². The summed E-state index contributed by atoms with van der Waals surface area (Å²) in [5, 5.41) is 2.59. The number of nitrogens with zero attached hydrogens (tertiary/aromatic N) is 4. The first kappa shape index (κ1) is 20.6. The summed E-state index contributed by atoms with van der Waals surface area (Å²) in [6.07, 6.45) is 5.68. The second kappa shape index (κ2) is 7.98. The number of fused-ring (bicyclic) bond motifs is 2. The number of nitrogens with one attached hydrogen (secondary N) is 2. The van der Waals surface area contributed by atoms with E-state index in [2.05, 4.69) is 30.1 Å². The van der Waals surface area contributed by atoms with E-state index in [0.717, 1.165) is 37.2 Å². The Bertz CT molecular complexity index is 1240. The molecule has 1 aliphatic carbocycles. The number of anilines is 1. The molecule has 2 N–H and O–H groups in total. The predicted octanol–water partition coefficient (Wildman–Crippen LogP) is 1.98. The van der Waals surface area contributed by atoms with Crippen LogP contribution in [-0.4, -0.2) is 58.0 Å². The largest absolute Gasteiger partial charge is 0.364 e. The zero-order valence-electron chi connectivity index (χ0n) is 18.1. The average Bonchev–Trinajstić information content (AvgIpc) is 2.78. The Labute approximate surface area is 184 Å². The number of rotatable bonds is 4. The van der Waals surface area contributed by atoms with Gasteiger partial charge < -0.3 is 15.2 Å². The summed E-state index contributed by atoms with van der Waals surface area (Å²) in [5.74, 6) is -0.748. The first-order valence-electron chi connectivity index (χ1n) is 10.8. The minimum Gasteiger partial charge on any atom is -0.364 e. The molecular weight excluding hydrogens is 411 g/mol. The van der Waals surface area contributed by atoms with Crippen LogP contribution in [0.2, 0.25) is 0 Å². The van der Waals surface area contributed by atoms with Crippen molar-refractivity contribution in [3.05, 3.63) is 63.6 Å². The predicted molar refractivity (Wildman–Crippen MR) is 119 cm³/mol. The molecule has 9 heteroatoms. The van der Waals surface area contributed by atoms with Gasteiger partial charge in [-0.3, -0.25) is 19.5 Å². The number of pyridine rings is 3. The lowest BCUT2D eigenvalue weighted by Gasteiger charge is -2.54. The normalized spacial score (nSPS) is 20.7. The molecule has 8 nitrogen and oxygen atoms in total. The fraction of sp³-hybridized carbons (Fsp3) is 0.391. The summed E-state index contributed by atoms with van der Waals surface area (Å²) >= 11 is 0. The quantitative estimate of drug-likeness (QED) is 0.650. The van der Waals surface area contributed by atoms with Gasteiger partial charge in [-0.25, -0.2) is 9.37 Å². The Morgan fingerprint density at radius 2 is 2.03 bits per heavy atom. The maximum absolute atomic E-state index is 14.3. The van der Waals surface area contributed by atoms with Crippen LogP contribution in [0.5, 0.6) is 0 Å². The molecule has 1 aliphatic heterocycles. The number of piperazine rings is 1. The van der Waals surface area contributed by atoms with Crippen LogP contribution in [0.1, 0.15) is 34.5 Å². The second-order valence-corrected chi connectivity index (χ2v) is 8.49. The fourth-order valence-corrected chi connectivity index (χ4v) is 4.75. The van der Waals surface area contributed by atoms with Crippen molar-refractivity contribution in [1.29, 1.82) is 0 Å². The average molecular weight is 436 g/mol. The molecule has 1 saturated carbocycles. The lowest BCUT2D eigenvalue weighted by atomic mass is 9.81. The van der Waals surface area contributed by atoms with Crippen molar-refractivity contribution in [3.8, 4) is 0 Å². The number of carbonyl (C=O) groups is 1. The van der Waals surface area contributed by atoms with Crippen LogP contribution in [0, 0.1) is 12.7 Å². The molecule has 0 unspecified atom stereocenters.